The lowest BCUT2D eigenvalue weighted by Crippen LogP contribution is -1.98. The number of rotatable bonds is 0. The Hall–Kier alpha value is -1.28. The lowest BCUT2D eigenvalue weighted by molar-refractivity contribution is -0.104. The fourth-order valence-corrected chi connectivity index (χ4v) is 0.290. The van der Waals surface area contributed by atoms with Gasteiger partial charge in [0, 0.05) is 0 Å². The summed E-state index contributed by atoms with van der Waals surface area (Å²) in [5, 5.41) is 0. The number of aromatic amines is 1. The van der Waals surface area contributed by atoms with E-state index in [-0.39, 0.29) is 5.68 Å². The summed E-state index contributed by atoms with van der Waals surface area (Å²) in [7, 11) is 0. The summed E-state index contributed by atoms with van der Waals surface area (Å²) in [6.07, 6.45) is 2.91. The molecule has 0 aliphatic rings. The van der Waals surface area contributed by atoms with Crippen molar-refractivity contribution in [2.75, 3.05) is 0 Å². The van der Waals surface area contributed by atoms with Gasteiger partial charge in [-0.15, -0.1) is 0 Å². The number of nitrogens with one attached hydrogen (secondary N) is 1. The lowest BCUT2D eigenvalue weighted by atomic mass is 11.0. The van der Waals surface area contributed by atoms with Gasteiger partial charge in [-0.2, -0.15) is 4.98 Å². The molecular formula is C3H3N3O. The number of hydrogen-bond donors (Lipinski definition) is 1. The zero-order valence-corrected chi connectivity index (χ0v) is 3.46. The highest BCUT2D eigenvalue weighted by molar-refractivity contribution is 4.55. The van der Waals surface area contributed by atoms with E-state index in [2.05, 4.69) is 14.2 Å². The Balaban J connectivity index is 3.50. The van der Waals surface area contributed by atoms with Crippen LogP contribution in [-0.4, -0.2) is 9.77 Å². The van der Waals surface area contributed by atoms with Crippen LogP contribution in [0.15, 0.2) is 16.9 Å². The van der Waals surface area contributed by atoms with Crippen LogP contribution in [0.1, 0.15) is 0 Å². The molecule has 1 aromatic rings. The molecule has 1 heterocycles. The highest BCUT2D eigenvalue weighted by atomic mass is 16.3. The monoisotopic (exact) mass is 97.0 g/mol. The van der Waals surface area contributed by atoms with Gasteiger partial charge in [0.05, 0.1) is 0 Å². The van der Waals surface area contributed by atoms with Crippen LogP contribution < -0.4 is 5.68 Å². The molecular weight excluding hydrogens is 94.1 g/mol. The zero-order valence-electron chi connectivity index (χ0n) is 3.46. The number of H-pyrrole nitrogens is 1. The van der Waals surface area contributed by atoms with Gasteiger partial charge in [0.15, 0.2) is 0 Å². The summed E-state index contributed by atoms with van der Waals surface area (Å²) in [5.41, 5.74) is 8.04. The van der Waals surface area contributed by atoms with Gasteiger partial charge in [-0.25, -0.2) is 0 Å². The van der Waals surface area contributed by atoms with Crippen LogP contribution in [0, 0.1) is 0 Å². The molecule has 0 atom stereocenters. The fraction of sp³-hybridized carbons (Fsp3) is 0. The van der Waals surface area contributed by atoms with E-state index in [1.165, 1.54) is 12.5 Å². The second kappa shape index (κ2) is 1.45. The highest BCUT2D eigenvalue weighted by Gasteiger charge is 1.82. The van der Waals surface area contributed by atoms with Crippen molar-refractivity contribution < 1.29 is 9.21 Å². The number of nitrogens with zero attached hydrogens (tertiary/aromatic N) is 2. The van der Waals surface area contributed by atoms with E-state index in [1.807, 2.05) is 0 Å². The van der Waals surface area contributed by atoms with Crippen LogP contribution in [0.2, 0.25) is 0 Å². The maximum Gasteiger partial charge on any atom is 0.543 e. The van der Waals surface area contributed by atoms with Crippen molar-refractivity contribution in [1.82, 2.24) is 4.98 Å². The Morgan fingerprint density at radius 1 is 1.86 bits per heavy atom. The first-order chi connectivity index (χ1) is 3.43. The largest absolute Gasteiger partial charge is 0.543 e. The molecule has 0 radical (unpaired) electrons. The standard InChI is InChI=1S/C3H3N3O/c4-6-3-5-1-2-7-3/h1-2,5H. The topological polar surface area (TPSA) is 65.3 Å². The van der Waals surface area contributed by atoms with Crippen molar-refractivity contribution in [3.63, 3.8) is 0 Å². The quantitative estimate of drug-likeness (QED) is 0.351. The third-order valence-corrected chi connectivity index (χ3v) is 0.545. The van der Waals surface area contributed by atoms with E-state index in [1.54, 1.807) is 0 Å². The van der Waals surface area contributed by atoms with E-state index in [0.29, 0.717) is 0 Å². The molecule has 0 amide bonds. The first-order valence-corrected chi connectivity index (χ1v) is 1.74. The number of oxazole rings is 1. The minimum Gasteiger partial charge on any atom is -0.494 e. The molecule has 7 heavy (non-hydrogen) atoms. The molecule has 4 heteroatoms. The number of aromatic nitrogens is 1. The van der Waals surface area contributed by atoms with Crippen LogP contribution in [0.4, 0.5) is 0 Å². The second-order valence-electron chi connectivity index (χ2n) is 0.970. The molecule has 0 aliphatic heterocycles. The molecule has 36 valence electrons. The maximum absolute atomic E-state index is 7.93. The Bertz CT molecular complexity index is 199. The van der Waals surface area contributed by atoms with Gasteiger partial charge in [0.25, 0.3) is 0 Å². The molecule has 0 unspecified atom stereocenters. The van der Waals surface area contributed by atoms with Gasteiger partial charge in [-0.3, -0.25) is 4.79 Å². The predicted molar refractivity (Wildman–Crippen MR) is 19.8 cm³/mol. The molecule has 1 aromatic heterocycles. The van der Waals surface area contributed by atoms with Crippen LogP contribution in [0.3, 0.4) is 0 Å². The summed E-state index contributed by atoms with van der Waals surface area (Å²) in [6.45, 7) is 0. The van der Waals surface area contributed by atoms with Crippen molar-refractivity contribution in [2.45, 2.75) is 0 Å². The predicted octanol–water partition coefficient (Wildman–Crippen LogP) is -0.262. The average molecular weight is 97.1 g/mol. The summed E-state index contributed by atoms with van der Waals surface area (Å²) in [5.74, 6) is 0. The van der Waals surface area contributed by atoms with Gasteiger partial charge in [0.1, 0.15) is 12.5 Å². The fourth-order valence-electron chi connectivity index (χ4n) is 0.290. The molecule has 0 bridgehead atoms. The molecule has 4 nitrogen and oxygen atoms in total. The van der Waals surface area contributed by atoms with Gasteiger partial charge in [-0.1, -0.05) is 0 Å². The normalized spacial score (nSPS) is 8.00. The maximum atomic E-state index is 7.93. The SMILES string of the molecule is [N-]=[N+]=c1[nH]cco1. The van der Waals surface area contributed by atoms with Crippen LogP contribution in [0.25, 0.3) is 5.53 Å². The van der Waals surface area contributed by atoms with Crippen molar-refractivity contribution in [3.8, 4) is 0 Å². The van der Waals surface area contributed by atoms with Gasteiger partial charge in [-0.05, 0) is 0 Å². The summed E-state index contributed by atoms with van der Waals surface area (Å²) in [6, 6.07) is 0. The second-order valence-corrected chi connectivity index (χ2v) is 0.970. The van der Waals surface area contributed by atoms with Gasteiger partial charge >= 0.3 is 5.68 Å². The first-order valence-electron chi connectivity index (χ1n) is 1.74. The van der Waals surface area contributed by atoms with Crippen molar-refractivity contribution in [2.24, 2.45) is 0 Å². The van der Waals surface area contributed by atoms with E-state index < -0.39 is 0 Å². The average Bonchev–Trinajstić information content (AvgIpc) is 2.14. The van der Waals surface area contributed by atoms with Crippen LogP contribution >= 0.6 is 0 Å². The summed E-state index contributed by atoms with van der Waals surface area (Å²) in [4.78, 5) is 5.21. The van der Waals surface area contributed by atoms with Gasteiger partial charge in [0.2, 0.25) is 0 Å². The Morgan fingerprint density at radius 3 is 3.00 bits per heavy atom. The Morgan fingerprint density at radius 2 is 2.71 bits per heavy atom. The summed E-state index contributed by atoms with van der Waals surface area (Å²) >= 11 is 0. The lowest BCUT2D eigenvalue weighted by Gasteiger charge is -1.52. The molecule has 1 N–H and O–H groups in total. The third-order valence-electron chi connectivity index (χ3n) is 0.545. The molecule has 0 saturated heterocycles. The molecule has 0 fully saturated rings. The van der Waals surface area contributed by atoms with Crippen LogP contribution in [-0.2, 0) is 0 Å². The highest BCUT2D eigenvalue weighted by Crippen LogP contribution is 1.62. The van der Waals surface area contributed by atoms with E-state index >= 15 is 0 Å². The molecule has 1 rings (SSSR count). The van der Waals surface area contributed by atoms with Crippen molar-refractivity contribution >= 4 is 0 Å². The van der Waals surface area contributed by atoms with Crippen LogP contribution in [0.5, 0.6) is 0 Å². The molecule has 0 saturated carbocycles. The molecule has 0 aromatic carbocycles. The zero-order chi connectivity index (χ0) is 5.11. The summed E-state index contributed by atoms with van der Waals surface area (Å²) < 4.78 is 4.51. The smallest absolute Gasteiger partial charge is 0.494 e. The Kier molecular flexibility index (Phi) is 0.805. The van der Waals surface area contributed by atoms with Crippen molar-refractivity contribution in [1.29, 1.82) is 0 Å². The van der Waals surface area contributed by atoms with Gasteiger partial charge < -0.3 is 9.95 Å². The third kappa shape index (κ3) is 0.586. The minimum absolute atomic E-state index is 0.111. The minimum atomic E-state index is 0.111. The molecule has 0 spiro atoms. The molecule has 0 aliphatic carbocycles. The van der Waals surface area contributed by atoms with E-state index in [9.17, 15) is 0 Å². The van der Waals surface area contributed by atoms with Crippen molar-refractivity contribution in [3.05, 3.63) is 23.7 Å². The number of hydrogen-bond acceptors (Lipinski definition) is 1. The van der Waals surface area contributed by atoms with E-state index in [0.717, 1.165) is 0 Å². The Labute approximate surface area is 39.0 Å². The van der Waals surface area contributed by atoms with E-state index in [4.69, 9.17) is 5.53 Å². The first kappa shape index (κ1) is 3.89.